The number of anilines is 1. The average molecular weight is 443 g/mol. The topological polar surface area (TPSA) is 72.2 Å². The normalized spacial score (nSPS) is 10.4. The van der Waals surface area contributed by atoms with Gasteiger partial charge in [-0.05, 0) is 35.9 Å². The quantitative estimate of drug-likeness (QED) is 0.292. The molecule has 0 fully saturated rings. The van der Waals surface area contributed by atoms with E-state index < -0.39 is 4.92 Å². The van der Waals surface area contributed by atoms with Crippen molar-refractivity contribution in [3.05, 3.63) is 98.5 Å². The summed E-state index contributed by atoms with van der Waals surface area (Å²) in [6.45, 7) is 0. The van der Waals surface area contributed by atoms with Crippen molar-refractivity contribution in [2.75, 3.05) is 5.32 Å². The Balaban J connectivity index is 1.85. The van der Waals surface area contributed by atoms with Crippen LogP contribution in [-0.4, -0.2) is 10.8 Å². The Morgan fingerprint density at radius 1 is 1.04 bits per heavy atom. The fourth-order valence-corrected chi connectivity index (χ4v) is 3.70. The van der Waals surface area contributed by atoms with Crippen molar-refractivity contribution >= 4 is 45.0 Å². The maximum atomic E-state index is 12.7. The number of thioether (sulfide) groups is 1. The van der Waals surface area contributed by atoms with E-state index in [1.54, 1.807) is 12.1 Å². The van der Waals surface area contributed by atoms with Gasteiger partial charge < -0.3 is 5.32 Å². The van der Waals surface area contributed by atoms with Gasteiger partial charge in [0.25, 0.3) is 11.6 Å². The monoisotopic (exact) mass is 442 g/mol. The molecule has 0 aromatic heterocycles. The van der Waals surface area contributed by atoms with E-state index in [9.17, 15) is 14.9 Å². The van der Waals surface area contributed by atoms with Gasteiger partial charge in [-0.2, -0.15) is 0 Å². The van der Waals surface area contributed by atoms with Crippen molar-refractivity contribution in [1.82, 2.24) is 0 Å². The Morgan fingerprint density at radius 2 is 1.74 bits per heavy atom. The number of nitrogens with one attached hydrogen (secondary N) is 1. The zero-order chi connectivity index (χ0) is 19.2. The van der Waals surface area contributed by atoms with E-state index >= 15 is 0 Å². The Hall–Kier alpha value is -2.64. The first kappa shape index (κ1) is 19.1. The van der Waals surface area contributed by atoms with Crippen LogP contribution in [0.15, 0.2) is 82.2 Å². The molecule has 0 unspecified atom stereocenters. The fourth-order valence-electron chi connectivity index (χ4n) is 2.40. The molecule has 0 heterocycles. The predicted octanol–water partition coefficient (Wildman–Crippen LogP) is 5.90. The van der Waals surface area contributed by atoms with E-state index in [1.807, 2.05) is 42.5 Å². The molecule has 3 aromatic rings. The standard InChI is InChI=1S/C20H15BrN2O3S/c21-15-6-8-16(9-7-15)22-20(24)18-11-10-17(23(25)26)12-19(18)27-13-14-4-2-1-3-5-14/h1-12H,13H2,(H,22,24). The predicted molar refractivity (Wildman–Crippen MR) is 111 cm³/mol. The molecule has 136 valence electrons. The number of nitrogens with zero attached hydrogens (tertiary/aromatic N) is 1. The summed E-state index contributed by atoms with van der Waals surface area (Å²) in [4.78, 5) is 23.9. The second kappa shape index (κ2) is 8.83. The average Bonchev–Trinajstić information content (AvgIpc) is 2.68. The van der Waals surface area contributed by atoms with Crippen LogP contribution in [0.1, 0.15) is 15.9 Å². The van der Waals surface area contributed by atoms with E-state index in [4.69, 9.17) is 0 Å². The lowest BCUT2D eigenvalue weighted by Gasteiger charge is -2.10. The summed E-state index contributed by atoms with van der Waals surface area (Å²) in [5.74, 6) is 0.309. The first-order valence-electron chi connectivity index (χ1n) is 8.05. The molecule has 0 aliphatic heterocycles. The maximum Gasteiger partial charge on any atom is 0.270 e. The van der Waals surface area contributed by atoms with Gasteiger partial charge in [0.05, 0.1) is 10.5 Å². The molecule has 27 heavy (non-hydrogen) atoms. The van der Waals surface area contributed by atoms with E-state index in [0.717, 1.165) is 10.0 Å². The smallest absolute Gasteiger partial charge is 0.270 e. The molecular weight excluding hydrogens is 428 g/mol. The molecule has 1 amide bonds. The van der Waals surface area contributed by atoms with Crippen LogP contribution in [0, 0.1) is 10.1 Å². The number of halogens is 1. The van der Waals surface area contributed by atoms with Gasteiger partial charge in [0.15, 0.2) is 0 Å². The summed E-state index contributed by atoms with van der Waals surface area (Å²) in [6.07, 6.45) is 0. The largest absolute Gasteiger partial charge is 0.322 e. The SMILES string of the molecule is O=C(Nc1ccc(Br)cc1)c1ccc([N+](=O)[O-])cc1SCc1ccccc1. The lowest BCUT2D eigenvalue weighted by Crippen LogP contribution is -2.13. The highest BCUT2D eigenvalue weighted by molar-refractivity contribution is 9.10. The number of rotatable bonds is 6. The van der Waals surface area contributed by atoms with E-state index in [-0.39, 0.29) is 11.6 Å². The lowest BCUT2D eigenvalue weighted by molar-refractivity contribution is -0.385. The summed E-state index contributed by atoms with van der Waals surface area (Å²) < 4.78 is 0.912. The van der Waals surface area contributed by atoms with Gasteiger partial charge in [-0.15, -0.1) is 11.8 Å². The van der Waals surface area contributed by atoms with E-state index in [2.05, 4.69) is 21.2 Å². The summed E-state index contributed by atoms with van der Waals surface area (Å²) in [6, 6.07) is 21.3. The van der Waals surface area contributed by atoms with Crippen LogP contribution in [0.2, 0.25) is 0 Å². The van der Waals surface area contributed by atoms with Crippen LogP contribution in [0.3, 0.4) is 0 Å². The molecule has 1 N–H and O–H groups in total. The number of hydrogen-bond acceptors (Lipinski definition) is 4. The second-order valence-electron chi connectivity index (χ2n) is 5.67. The molecule has 0 spiro atoms. The molecule has 0 saturated carbocycles. The van der Waals surface area contributed by atoms with Crippen LogP contribution in [0.5, 0.6) is 0 Å². The number of nitro groups is 1. The molecule has 0 aliphatic carbocycles. The van der Waals surface area contributed by atoms with Crippen LogP contribution in [0.4, 0.5) is 11.4 Å². The van der Waals surface area contributed by atoms with Gasteiger partial charge in [0, 0.05) is 32.9 Å². The minimum atomic E-state index is -0.455. The molecule has 7 heteroatoms. The van der Waals surface area contributed by atoms with E-state index in [0.29, 0.717) is 21.9 Å². The van der Waals surface area contributed by atoms with Crippen LogP contribution in [0.25, 0.3) is 0 Å². The van der Waals surface area contributed by atoms with Gasteiger partial charge in [-0.25, -0.2) is 0 Å². The molecule has 0 radical (unpaired) electrons. The van der Waals surface area contributed by atoms with Crippen molar-refractivity contribution in [3.63, 3.8) is 0 Å². The molecule has 0 atom stereocenters. The second-order valence-corrected chi connectivity index (χ2v) is 7.61. The zero-order valence-electron chi connectivity index (χ0n) is 14.1. The minimum absolute atomic E-state index is 0.0363. The maximum absolute atomic E-state index is 12.7. The Kier molecular flexibility index (Phi) is 6.26. The number of carbonyl (C=O) groups is 1. The van der Waals surface area contributed by atoms with Gasteiger partial charge in [0.2, 0.25) is 0 Å². The Morgan fingerprint density at radius 3 is 2.41 bits per heavy atom. The summed E-state index contributed by atoms with van der Waals surface area (Å²) in [5, 5.41) is 14.0. The lowest BCUT2D eigenvalue weighted by atomic mass is 10.2. The highest BCUT2D eigenvalue weighted by Crippen LogP contribution is 2.30. The van der Waals surface area contributed by atoms with Crippen molar-refractivity contribution in [1.29, 1.82) is 0 Å². The number of benzene rings is 3. The third-order valence-electron chi connectivity index (χ3n) is 3.76. The van der Waals surface area contributed by atoms with Crippen molar-refractivity contribution in [2.45, 2.75) is 10.6 Å². The summed E-state index contributed by atoms with van der Waals surface area (Å²) >= 11 is 4.75. The van der Waals surface area contributed by atoms with Crippen LogP contribution >= 0.6 is 27.7 Å². The number of carbonyl (C=O) groups excluding carboxylic acids is 1. The molecule has 3 rings (SSSR count). The molecule has 5 nitrogen and oxygen atoms in total. The Labute approximate surface area is 169 Å². The van der Waals surface area contributed by atoms with Gasteiger partial charge in [-0.1, -0.05) is 46.3 Å². The first-order valence-corrected chi connectivity index (χ1v) is 9.83. The highest BCUT2D eigenvalue weighted by atomic mass is 79.9. The number of non-ortho nitro benzene ring substituents is 1. The zero-order valence-corrected chi connectivity index (χ0v) is 16.5. The van der Waals surface area contributed by atoms with Crippen LogP contribution < -0.4 is 5.32 Å². The summed E-state index contributed by atoms with van der Waals surface area (Å²) in [7, 11) is 0. The fraction of sp³-hybridized carbons (Fsp3) is 0.0500. The van der Waals surface area contributed by atoms with Gasteiger partial charge in [0.1, 0.15) is 0 Å². The highest BCUT2D eigenvalue weighted by Gasteiger charge is 2.17. The number of amides is 1. The Bertz CT molecular complexity index is 963. The molecule has 0 bridgehead atoms. The number of nitro benzene ring substituents is 1. The van der Waals surface area contributed by atoms with Crippen molar-refractivity contribution in [3.8, 4) is 0 Å². The number of hydrogen-bond donors (Lipinski definition) is 1. The van der Waals surface area contributed by atoms with Crippen molar-refractivity contribution < 1.29 is 9.72 Å². The first-order chi connectivity index (χ1) is 13.0. The molecule has 0 saturated heterocycles. The molecule has 0 aliphatic rings. The molecule has 3 aromatic carbocycles. The summed E-state index contributed by atoms with van der Waals surface area (Å²) in [5.41, 5.74) is 2.10. The molecular formula is C20H15BrN2O3S. The van der Waals surface area contributed by atoms with E-state index in [1.165, 1.54) is 30.0 Å². The van der Waals surface area contributed by atoms with Gasteiger partial charge in [-0.3, -0.25) is 14.9 Å². The van der Waals surface area contributed by atoms with Gasteiger partial charge >= 0.3 is 0 Å². The van der Waals surface area contributed by atoms with Crippen molar-refractivity contribution in [2.24, 2.45) is 0 Å². The minimum Gasteiger partial charge on any atom is -0.322 e. The third-order valence-corrected chi connectivity index (χ3v) is 5.41. The van der Waals surface area contributed by atoms with Crippen LogP contribution in [-0.2, 0) is 5.75 Å². The third kappa shape index (κ3) is 5.18.